The third kappa shape index (κ3) is 2.57. The minimum absolute atomic E-state index is 0.471. The molecular formula is C16H24N2O. The fourth-order valence-corrected chi connectivity index (χ4v) is 3.45. The van der Waals surface area contributed by atoms with Crippen molar-refractivity contribution in [2.75, 3.05) is 36.5 Å². The van der Waals surface area contributed by atoms with Crippen LogP contribution in [0.5, 0.6) is 0 Å². The summed E-state index contributed by atoms with van der Waals surface area (Å²) in [7, 11) is 2.14. The van der Waals surface area contributed by atoms with Gasteiger partial charge in [-0.3, -0.25) is 0 Å². The first kappa shape index (κ1) is 12.8. The number of nitrogens with zero attached hydrogens (tertiary/aromatic N) is 2. The van der Waals surface area contributed by atoms with Crippen molar-refractivity contribution < 1.29 is 5.11 Å². The Hall–Kier alpha value is -1.22. The molecule has 1 heterocycles. The van der Waals surface area contributed by atoms with Gasteiger partial charge in [-0.2, -0.15) is 0 Å². The molecule has 0 unspecified atom stereocenters. The van der Waals surface area contributed by atoms with E-state index in [-0.39, 0.29) is 0 Å². The highest BCUT2D eigenvalue weighted by molar-refractivity contribution is 5.73. The number of benzene rings is 1. The highest BCUT2D eigenvalue weighted by atomic mass is 16.3. The third-order valence-electron chi connectivity index (χ3n) is 4.61. The third-order valence-corrected chi connectivity index (χ3v) is 4.61. The summed E-state index contributed by atoms with van der Waals surface area (Å²) in [5, 5.41) is 10.8. The van der Waals surface area contributed by atoms with Gasteiger partial charge in [0.05, 0.1) is 17.0 Å². The van der Waals surface area contributed by atoms with E-state index in [0.29, 0.717) is 0 Å². The normalized spacial score (nSPS) is 22.2. The van der Waals surface area contributed by atoms with Crippen LogP contribution in [0.2, 0.25) is 0 Å². The Bertz CT molecular complexity index is 440. The second-order valence-corrected chi connectivity index (χ2v) is 6.12. The van der Waals surface area contributed by atoms with Crippen LogP contribution in [0.3, 0.4) is 0 Å². The average molecular weight is 260 g/mol. The van der Waals surface area contributed by atoms with E-state index in [9.17, 15) is 5.11 Å². The number of rotatable bonds is 2. The molecule has 3 rings (SSSR count). The first-order chi connectivity index (χ1) is 9.18. The number of hydrogen-bond acceptors (Lipinski definition) is 3. The van der Waals surface area contributed by atoms with Gasteiger partial charge in [-0.25, -0.2) is 0 Å². The van der Waals surface area contributed by atoms with E-state index in [0.717, 1.165) is 32.5 Å². The van der Waals surface area contributed by atoms with Gasteiger partial charge in [-0.15, -0.1) is 0 Å². The molecule has 1 fully saturated rings. The molecule has 1 aromatic carbocycles. The maximum Gasteiger partial charge on any atom is 0.0821 e. The van der Waals surface area contributed by atoms with Crippen LogP contribution >= 0.6 is 0 Å². The summed E-state index contributed by atoms with van der Waals surface area (Å²) < 4.78 is 0. The van der Waals surface area contributed by atoms with Gasteiger partial charge < -0.3 is 14.9 Å². The molecule has 3 heteroatoms. The Morgan fingerprint density at radius 2 is 1.74 bits per heavy atom. The summed E-state index contributed by atoms with van der Waals surface area (Å²) in [5.41, 5.74) is 2.09. The van der Waals surface area contributed by atoms with E-state index < -0.39 is 5.60 Å². The molecule has 3 nitrogen and oxygen atoms in total. The lowest BCUT2D eigenvalue weighted by Crippen LogP contribution is -2.49. The summed E-state index contributed by atoms with van der Waals surface area (Å²) in [6, 6.07) is 8.54. The van der Waals surface area contributed by atoms with Crippen LogP contribution < -0.4 is 9.80 Å². The van der Waals surface area contributed by atoms with E-state index in [2.05, 4.69) is 41.1 Å². The van der Waals surface area contributed by atoms with Crippen LogP contribution in [0, 0.1) is 0 Å². The molecule has 1 aliphatic heterocycles. The topological polar surface area (TPSA) is 26.7 Å². The van der Waals surface area contributed by atoms with Crippen LogP contribution in [0.15, 0.2) is 24.3 Å². The summed E-state index contributed by atoms with van der Waals surface area (Å²) in [5.74, 6) is 0. The van der Waals surface area contributed by atoms with Crippen molar-refractivity contribution in [1.82, 2.24) is 0 Å². The molecule has 1 saturated carbocycles. The zero-order valence-electron chi connectivity index (χ0n) is 11.8. The maximum absolute atomic E-state index is 10.8. The monoisotopic (exact) mass is 260 g/mol. The molecule has 19 heavy (non-hydrogen) atoms. The second kappa shape index (κ2) is 5.04. The smallest absolute Gasteiger partial charge is 0.0821 e. The number of anilines is 2. The molecule has 0 spiro atoms. The molecule has 2 aliphatic rings. The second-order valence-electron chi connectivity index (χ2n) is 6.12. The molecule has 0 aromatic heterocycles. The van der Waals surface area contributed by atoms with Gasteiger partial charge in [0, 0.05) is 26.7 Å². The number of fused-ring (bicyclic) bond motifs is 1. The van der Waals surface area contributed by atoms with Gasteiger partial charge in [-0.05, 0) is 25.0 Å². The molecule has 1 N–H and O–H groups in total. The fraction of sp³-hybridized carbons (Fsp3) is 0.625. The minimum Gasteiger partial charge on any atom is -0.388 e. The lowest BCUT2D eigenvalue weighted by atomic mass is 9.84. The summed E-state index contributed by atoms with van der Waals surface area (Å²) in [6.07, 6.45) is 5.54. The van der Waals surface area contributed by atoms with Gasteiger partial charge in [0.15, 0.2) is 0 Å². The molecule has 104 valence electrons. The SMILES string of the molecule is CN1CCN(CC2(O)CCCCC2)c2ccccc21. The molecule has 0 radical (unpaired) electrons. The van der Waals surface area contributed by atoms with Gasteiger partial charge in [0.25, 0.3) is 0 Å². The van der Waals surface area contributed by atoms with Gasteiger partial charge in [0.1, 0.15) is 0 Å². The molecular weight excluding hydrogens is 236 g/mol. The van der Waals surface area contributed by atoms with Crippen molar-refractivity contribution in [3.63, 3.8) is 0 Å². The van der Waals surface area contributed by atoms with Crippen LogP contribution in [-0.4, -0.2) is 37.4 Å². The molecule has 0 bridgehead atoms. The molecule has 0 amide bonds. The van der Waals surface area contributed by atoms with Gasteiger partial charge in [0.2, 0.25) is 0 Å². The minimum atomic E-state index is -0.471. The lowest BCUT2D eigenvalue weighted by molar-refractivity contribution is 0.0110. The molecule has 1 aromatic rings. The van der Waals surface area contributed by atoms with Gasteiger partial charge in [-0.1, -0.05) is 31.4 Å². The van der Waals surface area contributed by atoms with Crippen molar-refractivity contribution in [3.8, 4) is 0 Å². The van der Waals surface area contributed by atoms with Crippen LogP contribution in [0.25, 0.3) is 0 Å². The Kier molecular flexibility index (Phi) is 3.40. The number of likely N-dealkylation sites (N-methyl/N-ethyl adjacent to an activating group) is 1. The maximum atomic E-state index is 10.8. The highest BCUT2D eigenvalue weighted by Gasteiger charge is 2.33. The Morgan fingerprint density at radius 3 is 2.47 bits per heavy atom. The van der Waals surface area contributed by atoms with E-state index in [4.69, 9.17) is 0 Å². The zero-order chi connectivity index (χ0) is 13.3. The summed E-state index contributed by atoms with van der Waals surface area (Å²) in [4.78, 5) is 4.68. The molecule has 1 aliphatic carbocycles. The highest BCUT2D eigenvalue weighted by Crippen LogP contribution is 2.35. The quantitative estimate of drug-likeness (QED) is 0.885. The average Bonchev–Trinajstić information content (AvgIpc) is 2.43. The van der Waals surface area contributed by atoms with Crippen molar-refractivity contribution in [2.24, 2.45) is 0 Å². The first-order valence-electron chi connectivity index (χ1n) is 7.45. The van der Waals surface area contributed by atoms with Crippen LogP contribution in [0.4, 0.5) is 11.4 Å². The van der Waals surface area contributed by atoms with Crippen molar-refractivity contribution >= 4 is 11.4 Å². The van der Waals surface area contributed by atoms with E-state index in [1.807, 2.05) is 0 Å². The predicted octanol–water partition coefficient (Wildman–Crippen LogP) is 2.64. The largest absolute Gasteiger partial charge is 0.388 e. The first-order valence-corrected chi connectivity index (χ1v) is 7.45. The number of hydrogen-bond donors (Lipinski definition) is 1. The van der Waals surface area contributed by atoms with E-state index >= 15 is 0 Å². The summed E-state index contributed by atoms with van der Waals surface area (Å²) >= 11 is 0. The van der Waals surface area contributed by atoms with E-state index in [1.54, 1.807) is 0 Å². The van der Waals surface area contributed by atoms with Crippen molar-refractivity contribution in [2.45, 2.75) is 37.7 Å². The summed E-state index contributed by atoms with van der Waals surface area (Å²) in [6.45, 7) is 2.83. The predicted molar refractivity (Wildman–Crippen MR) is 80.0 cm³/mol. The Labute approximate surface area is 115 Å². The number of aliphatic hydroxyl groups is 1. The Morgan fingerprint density at radius 1 is 1.05 bits per heavy atom. The standard InChI is InChI=1S/C16H24N2O/c1-17-11-12-18(15-8-4-3-7-14(15)17)13-16(19)9-5-2-6-10-16/h3-4,7-8,19H,2,5-6,9-13H2,1H3. The van der Waals surface area contributed by atoms with Crippen LogP contribution in [-0.2, 0) is 0 Å². The molecule has 0 saturated heterocycles. The van der Waals surface area contributed by atoms with Crippen molar-refractivity contribution in [1.29, 1.82) is 0 Å². The number of β-amino-alcohol motifs (C(OH)–C–C–N with tert-alkyl or cyclic N) is 1. The zero-order valence-corrected chi connectivity index (χ0v) is 11.8. The fourth-order valence-electron chi connectivity index (χ4n) is 3.45. The Balaban J connectivity index is 1.80. The molecule has 0 atom stereocenters. The van der Waals surface area contributed by atoms with Gasteiger partial charge >= 0.3 is 0 Å². The van der Waals surface area contributed by atoms with E-state index in [1.165, 1.54) is 30.6 Å². The lowest BCUT2D eigenvalue weighted by Gasteiger charge is -2.42. The van der Waals surface area contributed by atoms with Crippen molar-refractivity contribution in [3.05, 3.63) is 24.3 Å². The number of para-hydroxylation sites is 2. The van der Waals surface area contributed by atoms with Crippen LogP contribution in [0.1, 0.15) is 32.1 Å².